The van der Waals surface area contributed by atoms with Crippen LogP contribution in [0.4, 0.5) is 0 Å². The van der Waals surface area contributed by atoms with Crippen LogP contribution in [-0.4, -0.2) is 47.7 Å². The summed E-state index contributed by atoms with van der Waals surface area (Å²) in [5.41, 5.74) is -1.23. The molecule has 0 heterocycles. The summed E-state index contributed by atoms with van der Waals surface area (Å²) in [5, 5.41) is 5.62. The molecule has 0 aromatic rings. The molecule has 0 fully saturated rings. The van der Waals surface area contributed by atoms with Gasteiger partial charge >= 0.3 is 0 Å². The number of carbonyl (C=O) groups excluding carboxylic acids is 4. The van der Waals surface area contributed by atoms with Crippen molar-refractivity contribution >= 4 is 23.4 Å². The molecule has 0 saturated heterocycles. The van der Waals surface area contributed by atoms with Gasteiger partial charge in [-0.15, -0.1) is 0 Å². The molecule has 0 unspecified atom stereocenters. The highest BCUT2D eigenvalue weighted by Crippen LogP contribution is 2.17. The van der Waals surface area contributed by atoms with Gasteiger partial charge in [0.15, 0.2) is 0 Å². The van der Waals surface area contributed by atoms with Crippen molar-refractivity contribution < 1.29 is 23.9 Å². The first-order valence-corrected chi connectivity index (χ1v) is 11.3. The largest absolute Gasteiger partial charge is 0.380 e. The Labute approximate surface area is 195 Å². The van der Waals surface area contributed by atoms with Gasteiger partial charge in [0.05, 0.1) is 19.6 Å². The molecule has 0 aliphatic heterocycles. The molecule has 0 rings (SSSR count). The molecule has 2 amide bonds. The van der Waals surface area contributed by atoms with Gasteiger partial charge in [-0.2, -0.15) is 0 Å². The first kappa shape index (κ1) is 32.4. The highest BCUT2D eigenvalue weighted by atomic mass is 16.5. The van der Waals surface area contributed by atoms with Gasteiger partial charge in [-0.3, -0.25) is 19.2 Å². The number of Topliss-reactive ketones (excluding diaryl/α,β-unsaturated/α-hetero) is 2. The minimum Gasteiger partial charge on any atom is -0.380 e. The number of ether oxygens (including phenoxy) is 1. The van der Waals surface area contributed by atoms with Crippen molar-refractivity contribution in [3.63, 3.8) is 0 Å². The van der Waals surface area contributed by atoms with Crippen LogP contribution in [0.2, 0.25) is 0 Å². The van der Waals surface area contributed by atoms with Crippen LogP contribution in [0.25, 0.3) is 0 Å². The molecular formula is C25H48N2O5. The number of hydrogen-bond donors (Lipinski definition) is 2. The average Bonchev–Trinajstić information content (AvgIpc) is 2.49. The van der Waals surface area contributed by atoms with Gasteiger partial charge in [0.2, 0.25) is 11.8 Å². The van der Waals surface area contributed by atoms with Crippen LogP contribution in [0, 0.1) is 10.8 Å². The molecule has 0 atom stereocenters. The minimum atomic E-state index is -0.435. The Morgan fingerprint density at radius 2 is 0.938 bits per heavy atom. The maximum atomic E-state index is 11.6. The molecular weight excluding hydrogens is 408 g/mol. The van der Waals surface area contributed by atoms with Crippen LogP contribution in [0.1, 0.15) is 102 Å². The SMILES string of the molecule is CC(C)(C)NC(=O)CC(=O)C(C)(C)C.CC(C)(C)NC(=O)CCOCCC(=O)C(C)(C)C. The second-order valence-electron chi connectivity index (χ2n) is 12.2. The van der Waals surface area contributed by atoms with E-state index in [1.54, 1.807) is 0 Å². The van der Waals surface area contributed by atoms with Crippen LogP contribution < -0.4 is 10.6 Å². The molecule has 188 valence electrons. The lowest BCUT2D eigenvalue weighted by Crippen LogP contribution is -2.42. The van der Waals surface area contributed by atoms with Crippen molar-refractivity contribution in [2.75, 3.05) is 13.2 Å². The van der Waals surface area contributed by atoms with E-state index in [9.17, 15) is 19.2 Å². The molecule has 7 heteroatoms. The van der Waals surface area contributed by atoms with Gasteiger partial charge in [-0.1, -0.05) is 41.5 Å². The topological polar surface area (TPSA) is 102 Å². The molecule has 32 heavy (non-hydrogen) atoms. The number of hydrogen-bond acceptors (Lipinski definition) is 5. The molecule has 0 saturated carbocycles. The Bertz CT molecular complexity index is 627. The number of rotatable bonds is 8. The first-order valence-electron chi connectivity index (χ1n) is 11.3. The molecule has 2 N–H and O–H groups in total. The van der Waals surface area contributed by atoms with E-state index < -0.39 is 5.41 Å². The van der Waals surface area contributed by atoms with Crippen molar-refractivity contribution in [1.82, 2.24) is 10.6 Å². The van der Waals surface area contributed by atoms with E-state index in [1.807, 2.05) is 83.1 Å². The Morgan fingerprint density at radius 1 is 0.562 bits per heavy atom. The highest BCUT2D eigenvalue weighted by molar-refractivity contribution is 6.00. The molecule has 7 nitrogen and oxygen atoms in total. The predicted octanol–water partition coefficient (Wildman–Crippen LogP) is 4.22. The van der Waals surface area contributed by atoms with E-state index >= 15 is 0 Å². The molecule has 0 spiro atoms. The van der Waals surface area contributed by atoms with Gasteiger partial charge < -0.3 is 15.4 Å². The smallest absolute Gasteiger partial charge is 0.227 e. The summed E-state index contributed by atoms with van der Waals surface area (Å²) in [4.78, 5) is 45.9. The predicted molar refractivity (Wildman–Crippen MR) is 129 cm³/mol. The van der Waals surface area contributed by atoms with Gasteiger partial charge in [-0.25, -0.2) is 0 Å². The summed E-state index contributed by atoms with van der Waals surface area (Å²) >= 11 is 0. The van der Waals surface area contributed by atoms with E-state index in [4.69, 9.17) is 4.74 Å². The van der Waals surface area contributed by atoms with Crippen LogP contribution in [0.15, 0.2) is 0 Å². The van der Waals surface area contributed by atoms with Gasteiger partial charge in [0.25, 0.3) is 0 Å². The average molecular weight is 457 g/mol. The first-order chi connectivity index (χ1) is 14.0. The second-order valence-corrected chi connectivity index (χ2v) is 12.2. The van der Waals surface area contributed by atoms with Crippen molar-refractivity contribution in [1.29, 1.82) is 0 Å². The Kier molecular flexibility index (Phi) is 13.2. The lowest BCUT2D eigenvalue weighted by Gasteiger charge is -2.22. The molecule has 0 aliphatic rings. The Morgan fingerprint density at radius 3 is 1.31 bits per heavy atom. The van der Waals surface area contributed by atoms with Crippen molar-refractivity contribution in [3.8, 4) is 0 Å². The van der Waals surface area contributed by atoms with Crippen LogP contribution in [-0.2, 0) is 23.9 Å². The molecule has 0 radical (unpaired) electrons. The highest BCUT2D eigenvalue weighted by Gasteiger charge is 2.25. The summed E-state index contributed by atoms with van der Waals surface area (Å²) in [5.74, 6) is -0.0667. The van der Waals surface area contributed by atoms with E-state index in [0.29, 0.717) is 26.1 Å². The number of ketones is 2. The number of nitrogens with one attached hydrogen (secondary N) is 2. The lowest BCUT2D eigenvalue weighted by molar-refractivity contribution is -0.133. The summed E-state index contributed by atoms with van der Waals surface area (Å²) in [6, 6.07) is 0. The maximum absolute atomic E-state index is 11.6. The molecule has 0 bridgehead atoms. The number of amides is 2. The van der Waals surface area contributed by atoms with E-state index in [2.05, 4.69) is 10.6 Å². The third-order valence-electron chi connectivity index (χ3n) is 3.97. The van der Waals surface area contributed by atoms with E-state index in [1.165, 1.54) is 0 Å². The second kappa shape index (κ2) is 13.1. The van der Waals surface area contributed by atoms with Gasteiger partial charge in [0, 0.05) is 34.7 Å². The van der Waals surface area contributed by atoms with Crippen LogP contribution in [0.5, 0.6) is 0 Å². The van der Waals surface area contributed by atoms with Gasteiger partial charge in [0.1, 0.15) is 11.6 Å². The summed E-state index contributed by atoms with van der Waals surface area (Å²) in [6.45, 7) is 23.4. The van der Waals surface area contributed by atoms with E-state index in [0.717, 1.165) is 0 Å². The fourth-order valence-corrected chi connectivity index (χ4v) is 2.16. The third kappa shape index (κ3) is 20.2. The molecule has 0 aromatic carbocycles. The summed E-state index contributed by atoms with van der Waals surface area (Å²) < 4.78 is 5.30. The van der Waals surface area contributed by atoms with Crippen LogP contribution >= 0.6 is 0 Å². The Hall–Kier alpha value is -1.76. The summed E-state index contributed by atoms with van der Waals surface area (Å²) in [7, 11) is 0. The lowest BCUT2D eigenvalue weighted by atomic mass is 9.88. The molecule has 0 aromatic heterocycles. The number of carbonyl (C=O) groups is 4. The van der Waals surface area contributed by atoms with E-state index in [-0.39, 0.29) is 46.3 Å². The monoisotopic (exact) mass is 456 g/mol. The van der Waals surface area contributed by atoms with Crippen LogP contribution in [0.3, 0.4) is 0 Å². The molecule has 0 aliphatic carbocycles. The zero-order valence-corrected chi connectivity index (χ0v) is 22.6. The Balaban J connectivity index is 0. The minimum absolute atomic E-state index is 0.0235. The zero-order chi connectivity index (χ0) is 26.0. The zero-order valence-electron chi connectivity index (χ0n) is 22.6. The van der Waals surface area contributed by atoms with Crippen molar-refractivity contribution in [3.05, 3.63) is 0 Å². The van der Waals surface area contributed by atoms with Crippen molar-refractivity contribution in [2.24, 2.45) is 10.8 Å². The third-order valence-corrected chi connectivity index (χ3v) is 3.97. The summed E-state index contributed by atoms with van der Waals surface area (Å²) in [6.07, 6.45) is 0.714. The van der Waals surface area contributed by atoms with Gasteiger partial charge in [-0.05, 0) is 41.5 Å². The fraction of sp³-hybridized carbons (Fsp3) is 0.840. The fourth-order valence-electron chi connectivity index (χ4n) is 2.16. The standard InChI is InChI=1S/C14H27NO3.C11H21NO2/c1-13(2,3)11(16)7-9-18-10-8-12(17)15-14(4,5)6;1-10(2,3)8(13)7-9(14)12-11(4,5)6/h7-10H2,1-6H3,(H,15,17);7H2,1-6H3,(H,12,14). The normalized spacial score (nSPS) is 12.4. The maximum Gasteiger partial charge on any atom is 0.227 e. The van der Waals surface area contributed by atoms with Crippen molar-refractivity contribution in [2.45, 2.75) is 113 Å². The quantitative estimate of drug-likeness (QED) is 0.421.